The molecule has 0 amide bonds. The second-order valence-corrected chi connectivity index (χ2v) is 3.55. The van der Waals surface area contributed by atoms with Crippen molar-refractivity contribution in [3.63, 3.8) is 0 Å². The molecule has 1 aromatic rings. The zero-order chi connectivity index (χ0) is 12.9. The van der Waals surface area contributed by atoms with Gasteiger partial charge in [0.15, 0.2) is 0 Å². The minimum atomic E-state index is -0.0940. The van der Waals surface area contributed by atoms with Gasteiger partial charge in [-0.2, -0.15) is 0 Å². The highest BCUT2D eigenvalue weighted by molar-refractivity contribution is 5.68. The summed E-state index contributed by atoms with van der Waals surface area (Å²) >= 11 is 0. The van der Waals surface area contributed by atoms with E-state index >= 15 is 0 Å². The molecule has 3 nitrogen and oxygen atoms in total. The topological polar surface area (TPSA) is 35.5 Å². The van der Waals surface area contributed by atoms with Crippen LogP contribution in [0.25, 0.3) is 0 Å². The van der Waals surface area contributed by atoms with Gasteiger partial charge < -0.3 is 9.47 Å². The quantitative estimate of drug-likeness (QED) is 0.582. The van der Waals surface area contributed by atoms with Crippen LogP contribution in [0, 0.1) is 0 Å². The summed E-state index contributed by atoms with van der Waals surface area (Å²) in [5, 5.41) is 0. The van der Waals surface area contributed by atoms with E-state index in [1.54, 1.807) is 7.11 Å². The SMILES string of the molecule is CCCCCC(=O)OC.COc1ccccc1. The normalized spacial score (nSPS) is 8.88. The number of unbranched alkanes of at least 4 members (excludes halogenated alkanes) is 2. The molecular weight excluding hydrogens is 216 g/mol. The molecule has 0 fully saturated rings. The summed E-state index contributed by atoms with van der Waals surface area (Å²) in [6.07, 6.45) is 3.81. The molecule has 0 heterocycles. The number of hydrogen-bond donors (Lipinski definition) is 0. The molecule has 0 radical (unpaired) electrons. The monoisotopic (exact) mass is 238 g/mol. The second-order valence-electron chi connectivity index (χ2n) is 3.55. The summed E-state index contributed by atoms with van der Waals surface area (Å²) in [6, 6.07) is 9.68. The first kappa shape index (κ1) is 15.5. The van der Waals surface area contributed by atoms with Crippen LogP contribution in [0.3, 0.4) is 0 Å². The van der Waals surface area contributed by atoms with Gasteiger partial charge in [-0.15, -0.1) is 0 Å². The van der Waals surface area contributed by atoms with Crippen molar-refractivity contribution in [3.8, 4) is 5.75 Å². The zero-order valence-electron chi connectivity index (χ0n) is 10.9. The molecule has 0 N–H and O–H groups in total. The fourth-order valence-electron chi connectivity index (χ4n) is 1.18. The number of rotatable bonds is 5. The molecule has 96 valence electrons. The Balaban J connectivity index is 0.000000302. The maximum atomic E-state index is 10.5. The molecule has 0 atom stereocenters. The van der Waals surface area contributed by atoms with Gasteiger partial charge in [0.2, 0.25) is 0 Å². The number of hydrogen-bond acceptors (Lipinski definition) is 3. The highest BCUT2D eigenvalue weighted by Crippen LogP contribution is 2.05. The lowest BCUT2D eigenvalue weighted by molar-refractivity contribution is -0.140. The molecule has 0 unspecified atom stereocenters. The summed E-state index contributed by atoms with van der Waals surface area (Å²) in [7, 11) is 3.09. The molecule has 3 heteroatoms. The first-order valence-corrected chi connectivity index (χ1v) is 5.90. The van der Waals surface area contributed by atoms with Crippen LogP contribution in [0.4, 0.5) is 0 Å². The molecule has 17 heavy (non-hydrogen) atoms. The predicted molar refractivity (Wildman–Crippen MR) is 69.2 cm³/mol. The predicted octanol–water partition coefficient (Wildman–Crippen LogP) is 3.43. The molecular formula is C14H22O3. The van der Waals surface area contributed by atoms with Crippen molar-refractivity contribution in [1.82, 2.24) is 0 Å². The van der Waals surface area contributed by atoms with E-state index in [-0.39, 0.29) is 5.97 Å². The molecule has 0 aliphatic heterocycles. The Hall–Kier alpha value is -1.51. The molecule has 0 aliphatic rings. The number of carbonyl (C=O) groups is 1. The van der Waals surface area contributed by atoms with E-state index in [2.05, 4.69) is 11.7 Å². The fourth-order valence-corrected chi connectivity index (χ4v) is 1.18. The van der Waals surface area contributed by atoms with E-state index in [9.17, 15) is 4.79 Å². The average molecular weight is 238 g/mol. The van der Waals surface area contributed by atoms with Gasteiger partial charge in [-0.25, -0.2) is 0 Å². The summed E-state index contributed by atoms with van der Waals surface area (Å²) in [4.78, 5) is 10.5. The lowest BCUT2D eigenvalue weighted by Gasteiger charge is -1.95. The van der Waals surface area contributed by atoms with Gasteiger partial charge in [-0.05, 0) is 18.6 Å². The summed E-state index contributed by atoms with van der Waals surface area (Å²) < 4.78 is 9.37. The molecule has 0 aliphatic carbocycles. The van der Waals surface area contributed by atoms with E-state index < -0.39 is 0 Å². The Kier molecular flexibility index (Phi) is 10.0. The Bertz CT molecular complexity index is 283. The van der Waals surface area contributed by atoms with Gasteiger partial charge in [0.25, 0.3) is 0 Å². The van der Waals surface area contributed by atoms with E-state index in [0.29, 0.717) is 6.42 Å². The molecule has 0 saturated heterocycles. The Labute approximate surface area is 104 Å². The number of benzene rings is 1. The maximum Gasteiger partial charge on any atom is 0.305 e. The van der Waals surface area contributed by atoms with Crippen LogP contribution in [0.15, 0.2) is 30.3 Å². The number of ether oxygens (including phenoxy) is 2. The van der Waals surface area contributed by atoms with E-state index in [0.717, 1.165) is 25.0 Å². The number of carbonyl (C=O) groups excluding carboxylic acids is 1. The van der Waals surface area contributed by atoms with Crippen molar-refractivity contribution >= 4 is 5.97 Å². The fraction of sp³-hybridized carbons (Fsp3) is 0.500. The third-order valence-corrected chi connectivity index (χ3v) is 2.19. The van der Waals surface area contributed by atoms with Crippen LogP contribution >= 0.6 is 0 Å². The van der Waals surface area contributed by atoms with Crippen molar-refractivity contribution < 1.29 is 14.3 Å². The van der Waals surface area contributed by atoms with Crippen LogP contribution in [-0.4, -0.2) is 20.2 Å². The standard InChI is InChI=1S/C7H14O2.C7H8O/c1-3-4-5-6-7(8)9-2;1-8-7-5-3-2-4-6-7/h3-6H2,1-2H3;2-6H,1H3. The first-order chi connectivity index (χ1) is 8.24. The number of esters is 1. The summed E-state index contributed by atoms with van der Waals surface area (Å²) in [5.41, 5.74) is 0. The molecule has 0 bridgehead atoms. The van der Waals surface area contributed by atoms with Crippen molar-refractivity contribution in [1.29, 1.82) is 0 Å². The average Bonchev–Trinajstić information content (AvgIpc) is 2.40. The van der Waals surface area contributed by atoms with Gasteiger partial charge in [-0.1, -0.05) is 38.0 Å². The van der Waals surface area contributed by atoms with Crippen molar-refractivity contribution in [2.75, 3.05) is 14.2 Å². The van der Waals surface area contributed by atoms with Crippen molar-refractivity contribution in [3.05, 3.63) is 30.3 Å². The summed E-state index contributed by atoms with van der Waals surface area (Å²) in [5.74, 6) is 0.816. The van der Waals surface area contributed by atoms with Crippen molar-refractivity contribution in [2.45, 2.75) is 32.6 Å². The number of para-hydroxylation sites is 1. The van der Waals surface area contributed by atoms with Crippen LogP contribution in [0.5, 0.6) is 5.75 Å². The maximum absolute atomic E-state index is 10.5. The minimum Gasteiger partial charge on any atom is -0.497 e. The molecule has 0 aromatic heterocycles. The Morgan fingerprint density at radius 1 is 1.12 bits per heavy atom. The van der Waals surface area contributed by atoms with Crippen LogP contribution in [-0.2, 0) is 9.53 Å². The van der Waals surface area contributed by atoms with Crippen molar-refractivity contribution in [2.24, 2.45) is 0 Å². The van der Waals surface area contributed by atoms with Gasteiger partial charge in [0.05, 0.1) is 14.2 Å². The lowest BCUT2D eigenvalue weighted by Crippen LogP contribution is -1.98. The molecule has 1 aromatic carbocycles. The van der Waals surface area contributed by atoms with Crippen LogP contribution in [0.1, 0.15) is 32.6 Å². The number of methoxy groups -OCH3 is 2. The molecule has 0 saturated carbocycles. The van der Waals surface area contributed by atoms with Gasteiger partial charge in [0, 0.05) is 6.42 Å². The lowest BCUT2D eigenvalue weighted by atomic mass is 10.2. The summed E-state index contributed by atoms with van der Waals surface area (Å²) in [6.45, 7) is 2.11. The molecule has 1 rings (SSSR count). The third kappa shape index (κ3) is 9.42. The molecule has 0 spiro atoms. The Morgan fingerprint density at radius 2 is 1.76 bits per heavy atom. The van der Waals surface area contributed by atoms with Gasteiger partial charge in [0.1, 0.15) is 5.75 Å². The zero-order valence-corrected chi connectivity index (χ0v) is 10.9. The first-order valence-electron chi connectivity index (χ1n) is 5.90. The Morgan fingerprint density at radius 3 is 2.18 bits per heavy atom. The minimum absolute atomic E-state index is 0.0940. The second kappa shape index (κ2) is 11.0. The third-order valence-electron chi connectivity index (χ3n) is 2.19. The van der Waals surface area contributed by atoms with Crippen LogP contribution in [0.2, 0.25) is 0 Å². The largest absolute Gasteiger partial charge is 0.497 e. The van der Waals surface area contributed by atoms with Gasteiger partial charge in [-0.3, -0.25) is 4.79 Å². The highest BCUT2D eigenvalue weighted by atomic mass is 16.5. The van der Waals surface area contributed by atoms with Crippen LogP contribution < -0.4 is 4.74 Å². The van der Waals surface area contributed by atoms with E-state index in [1.807, 2.05) is 30.3 Å². The van der Waals surface area contributed by atoms with Gasteiger partial charge >= 0.3 is 5.97 Å². The highest BCUT2D eigenvalue weighted by Gasteiger charge is 1.96. The van der Waals surface area contributed by atoms with E-state index in [1.165, 1.54) is 7.11 Å². The smallest absolute Gasteiger partial charge is 0.305 e. The van der Waals surface area contributed by atoms with E-state index in [4.69, 9.17) is 4.74 Å².